The standard InChI is InChI=1S/C16H22N2O2S/c1-3-18(12-14-7-8-14)21(19,20)16-9-6-13(2)11-15(16)5-4-10-17/h6,9,11,14H,3,7-8,10,12,17H2,1-2H3. The topological polar surface area (TPSA) is 63.4 Å². The number of hydrogen-bond donors (Lipinski definition) is 1. The van der Waals surface area contributed by atoms with Crippen molar-refractivity contribution in [2.45, 2.75) is 31.6 Å². The number of hydrogen-bond acceptors (Lipinski definition) is 3. The molecule has 0 spiro atoms. The van der Waals surface area contributed by atoms with Gasteiger partial charge in [0.25, 0.3) is 0 Å². The van der Waals surface area contributed by atoms with E-state index in [2.05, 4.69) is 11.8 Å². The average molecular weight is 306 g/mol. The summed E-state index contributed by atoms with van der Waals surface area (Å²) in [4.78, 5) is 0.288. The van der Waals surface area contributed by atoms with E-state index in [9.17, 15) is 8.42 Å². The summed E-state index contributed by atoms with van der Waals surface area (Å²) in [6, 6.07) is 5.27. The molecule has 1 saturated carbocycles. The molecule has 0 unspecified atom stereocenters. The summed E-state index contributed by atoms with van der Waals surface area (Å²) < 4.78 is 27.3. The van der Waals surface area contributed by atoms with Crippen LogP contribution in [-0.4, -0.2) is 32.4 Å². The Labute approximate surface area is 127 Å². The number of aryl methyl sites for hydroxylation is 1. The van der Waals surface area contributed by atoms with Gasteiger partial charge in [-0.1, -0.05) is 24.8 Å². The minimum Gasteiger partial charge on any atom is -0.320 e. The molecule has 0 saturated heterocycles. The lowest BCUT2D eigenvalue weighted by Crippen LogP contribution is -2.33. The zero-order valence-electron chi connectivity index (χ0n) is 12.6. The number of sulfonamides is 1. The van der Waals surface area contributed by atoms with Crippen LogP contribution in [0.5, 0.6) is 0 Å². The average Bonchev–Trinajstić information content (AvgIpc) is 3.26. The van der Waals surface area contributed by atoms with E-state index in [1.165, 1.54) is 0 Å². The van der Waals surface area contributed by atoms with Crippen LogP contribution in [0.3, 0.4) is 0 Å². The van der Waals surface area contributed by atoms with Gasteiger partial charge in [-0.05, 0) is 43.4 Å². The maximum atomic E-state index is 12.8. The smallest absolute Gasteiger partial charge is 0.244 e. The largest absolute Gasteiger partial charge is 0.320 e. The second-order valence-electron chi connectivity index (χ2n) is 5.40. The van der Waals surface area contributed by atoms with Gasteiger partial charge < -0.3 is 5.73 Å². The first-order chi connectivity index (χ1) is 9.98. The third-order valence-corrected chi connectivity index (χ3v) is 5.59. The third-order valence-electron chi connectivity index (χ3n) is 3.59. The molecule has 5 heteroatoms. The highest BCUT2D eigenvalue weighted by molar-refractivity contribution is 7.89. The van der Waals surface area contributed by atoms with E-state index in [1.807, 2.05) is 19.9 Å². The quantitative estimate of drug-likeness (QED) is 0.843. The molecule has 1 aromatic carbocycles. The van der Waals surface area contributed by atoms with Gasteiger partial charge in [0.15, 0.2) is 0 Å². The van der Waals surface area contributed by atoms with Crippen LogP contribution in [0, 0.1) is 24.7 Å². The van der Waals surface area contributed by atoms with Crippen LogP contribution in [0.4, 0.5) is 0 Å². The van der Waals surface area contributed by atoms with Crippen molar-refractivity contribution in [2.75, 3.05) is 19.6 Å². The van der Waals surface area contributed by atoms with Crippen molar-refractivity contribution in [1.29, 1.82) is 0 Å². The van der Waals surface area contributed by atoms with Crippen molar-refractivity contribution < 1.29 is 8.42 Å². The lowest BCUT2D eigenvalue weighted by molar-refractivity contribution is 0.412. The molecule has 1 aromatic rings. The molecule has 2 rings (SSSR count). The molecule has 21 heavy (non-hydrogen) atoms. The fraction of sp³-hybridized carbons (Fsp3) is 0.500. The molecule has 0 heterocycles. The zero-order valence-corrected chi connectivity index (χ0v) is 13.4. The molecule has 0 radical (unpaired) electrons. The van der Waals surface area contributed by atoms with Crippen LogP contribution in [0.15, 0.2) is 23.1 Å². The highest BCUT2D eigenvalue weighted by Crippen LogP contribution is 2.32. The van der Waals surface area contributed by atoms with Crippen LogP contribution in [0.1, 0.15) is 30.9 Å². The summed E-state index contributed by atoms with van der Waals surface area (Å²) >= 11 is 0. The van der Waals surface area contributed by atoms with Gasteiger partial charge in [0.05, 0.1) is 11.4 Å². The van der Waals surface area contributed by atoms with Crippen LogP contribution in [0.2, 0.25) is 0 Å². The minimum atomic E-state index is -3.49. The zero-order chi connectivity index (χ0) is 15.5. The van der Waals surface area contributed by atoms with Crippen molar-refractivity contribution in [2.24, 2.45) is 11.7 Å². The number of nitrogens with two attached hydrogens (primary N) is 1. The first-order valence-electron chi connectivity index (χ1n) is 7.28. The van der Waals surface area contributed by atoms with Crippen LogP contribution < -0.4 is 5.73 Å². The molecule has 114 valence electrons. The van der Waals surface area contributed by atoms with Crippen molar-refractivity contribution in [3.05, 3.63) is 29.3 Å². The van der Waals surface area contributed by atoms with Gasteiger partial charge in [-0.25, -0.2) is 8.42 Å². The molecule has 1 fully saturated rings. The lowest BCUT2D eigenvalue weighted by atomic mass is 10.1. The highest BCUT2D eigenvalue weighted by Gasteiger charge is 2.31. The Kier molecular flexibility index (Phi) is 5.04. The van der Waals surface area contributed by atoms with Crippen molar-refractivity contribution >= 4 is 10.0 Å². The number of nitrogens with zero attached hydrogens (tertiary/aromatic N) is 1. The first kappa shape index (κ1) is 16.0. The van der Waals surface area contributed by atoms with E-state index in [4.69, 9.17) is 5.73 Å². The molecule has 0 amide bonds. The van der Waals surface area contributed by atoms with Crippen LogP contribution in [-0.2, 0) is 10.0 Å². The lowest BCUT2D eigenvalue weighted by Gasteiger charge is -2.21. The van der Waals surface area contributed by atoms with Gasteiger partial charge in [-0.2, -0.15) is 4.31 Å². The second kappa shape index (κ2) is 6.61. The van der Waals surface area contributed by atoms with Gasteiger partial charge in [-0.3, -0.25) is 0 Å². The number of rotatable bonds is 5. The first-order valence-corrected chi connectivity index (χ1v) is 8.72. The Hall–Kier alpha value is -1.35. The van der Waals surface area contributed by atoms with E-state index in [0.717, 1.165) is 18.4 Å². The molecule has 0 aliphatic heterocycles. The summed E-state index contributed by atoms with van der Waals surface area (Å²) in [6.45, 7) is 5.10. The Morgan fingerprint density at radius 3 is 2.67 bits per heavy atom. The highest BCUT2D eigenvalue weighted by atomic mass is 32.2. The molecular formula is C16H22N2O2S. The predicted octanol–water partition coefficient (Wildman–Crippen LogP) is 1.73. The third kappa shape index (κ3) is 3.85. The van der Waals surface area contributed by atoms with Gasteiger partial charge in [0.1, 0.15) is 0 Å². The predicted molar refractivity (Wildman–Crippen MR) is 84.3 cm³/mol. The Morgan fingerprint density at radius 2 is 2.10 bits per heavy atom. The van der Waals surface area contributed by atoms with Crippen molar-refractivity contribution in [3.8, 4) is 11.8 Å². The van der Waals surface area contributed by atoms with Gasteiger partial charge in [0, 0.05) is 18.7 Å². The molecule has 0 atom stereocenters. The van der Waals surface area contributed by atoms with Crippen LogP contribution in [0.25, 0.3) is 0 Å². The molecule has 2 N–H and O–H groups in total. The monoisotopic (exact) mass is 306 g/mol. The summed E-state index contributed by atoms with van der Waals surface area (Å²) in [5, 5.41) is 0. The molecular weight excluding hydrogens is 284 g/mol. The Bertz CT molecular complexity index is 667. The van der Waals surface area contributed by atoms with Crippen LogP contribution >= 0.6 is 0 Å². The fourth-order valence-electron chi connectivity index (χ4n) is 2.24. The molecule has 1 aliphatic carbocycles. The van der Waals surface area contributed by atoms with E-state index >= 15 is 0 Å². The van der Waals surface area contributed by atoms with Gasteiger partial charge in [-0.15, -0.1) is 0 Å². The normalized spacial score (nSPS) is 14.9. The summed E-state index contributed by atoms with van der Waals surface area (Å²) in [6.07, 6.45) is 2.25. The van der Waals surface area contributed by atoms with E-state index in [1.54, 1.807) is 16.4 Å². The molecule has 1 aliphatic rings. The Balaban J connectivity index is 2.42. The molecule has 0 bridgehead atoms. The summed E-state index contributed by atoms with van der Waals surface area (Å²) in [5.74, 6) is 6.15. The summed E-state index contributed by atoms with van der Waals surface area (Å²) in [5.41, 5.74) is 6.92. The molecule has 0 aromatic heterocycles. The van der Waals surface area contributed by atoms with Crippen molar-refractivity contribution in [3.63, 3.8) is 0 Å². The SMILES string of the molecule is CCN(CC1CC1)S(=O)(=O)c1ccc(C)cc1C#CCN. The van der Waals surface area contributed by atoms with Crippen molar-refractivity contribution in [1.82, 2.24) is 4.31 Å². The van der Waals surface area contributed by atoms with Gasteiger partial charge in [0.2, 0.25) is 10.0 Å². The van der Waals surface area contributed by atoms with E-state index < -0.39 is 10.0 Å². The van der Waals surface area contributed by atoms with E-state index in [0.29, 0.717) is 24.6 Å². The Morgan fingerprint density at radius 1 is 1.38 bits per heavy atom. The fourth-order valence-corrected chi connectivity index (χ4v) is 3.89. The molecule has 4 nitrogen and oxygen atoms in total. The minimum absolute atomic E-state index is 0.215. The second-order valence-corrected chi connectivity index (χ2v) is 7.31. The summed E-state index contributed by atoms with van der Waals surface area (Å²) in [7, 11) is -3.49. The maximum absolute atomic E-state index is 12.8. The maximum Gasteiger partial charge on any atom is 0.244 e. The van der Waals surface area contributed by atoms with Gasteiger partial charge >= 0.3 is 0 Å². The number of benzene rings is 1. The van der Waals surface area contributed by atoms with E-state index in [-0.39, 0.29) is 11.4 Å².